The van der Waals surface area contributed by atoms with Crippen LogP contribution < -0.4 is 5.32 Å². The van der Waals surface area contributed by atoms with E-state index < -0.39 is 0 Å². The standard InChI is InChI=1S/C16H13N5S/c1-22-16(18-10-17)20-13-7-3-5-9-15(13)21-11-19-12-6-2-4-8-14(12)21/h2-9,11H,1H3,(H,18,20). The number of nitriles is 1. The van der Waals surface area contributed by atoms with Gasteiger partial charge < -0.3 is 0 Å². The fraction of sp³-hybridized carbons (Fsp3) is 0.0625. The van der Waals surface area contributed by atoms with Gasteiger partial charge in [-0.25, -0.2) is 9.98 Å². The molecule has 0 saturated carbocycles. The van der Waals surface area contributed by atoms with Crippen LogP contribution >= 0.6 is 11.8 Å². The summed E-state index contributed by atoms with van der Waals surface area (Å²) >= 11 is 1.39. The van der Waals surface area contributed by atoms with Crippen molar-refractivity contribution >= 4 is 33.7 Å². The predicted molar refractivity (Wildman–Crippen MR) is 90.4 cm³/mol. The van der Waals surface area contributed by atoms with Gasteiger partial charge in [0, 0.05) is 0 Å². The third-order valence-electron chi connectivity index (χ3n) is 3.17. The Hall–Kier alpha value is -2.78. The Morgan fingerprint density at radius 3 is 2.82 bits per heavy atom. The lowest BCUT2D eigenvalue weighted by atomic mass is 10.2. The zero-order chi connectivity index (χ0) is 15.4. The largest absolute Gasteiger partial charge is 0.297 e. The number of nitrogens with zero attached hydrogens (tertiary/aromatic N) is 4. The number of hydrogen-bond donors (Lipinski definition) is 1. The fourth-order valence-corrected chi connectivity index (χ4v) is 2.53. The molecule has 2 aromatic carbocycles. The molecule has 22 heavy (non-hydrogen) atoms. The Kier molecular flexibility index (Phi) is 4.08. The van der Waals surface area contributed by atoms with E-state index in [-0.39, 0.29) is 0 Å². The first kappa shape index (κ1) is 14.2. The number of aromatic nitrogens is 2. The molecule has 1 aromatic heterocycles. The summed E-state index contributed by atoms with van der Waals surface area (Å²) in [5, 5.41) is 11.9. The zero-order valence-corrected chi connectivity index (χ0v) is 12.7. The Morgan fingerprint density at radius 1 is 1.23 bits per heavy atom. The van der Waals surface area contributed by atoms with E-state index >= 15 is 0 Å². The molecule has 0 amide bonds. The molecule has 0 saturated heterocycles. The Labute approximate surface area is 132 Å². The number of aliphatic imine (C=N–C) groups is 1. The van der Waals surface area contributed by atoms with Gasteiger partial charge in [0.2, 0.25) is 0 Å². The summed E-state index contributed by atoms with van der Waals surface area (Å²) in [6, 6.07) is 15.7. The highest BCUT2D eigenvalue weighted by Gasteiger charge is 2.08. The highest BCUT2D eigenvalue weighted by molar-refractivity contribution is 8.13. The van der Waals surface area contributed by atoms with Crippen LogP contribution in [-0.2, 0) is 0 Å². The van der Waals surface area contributed by atoms with Crippen LogP contribution in [-0.4, -0.2) is 21.0 Å². The second kappa shape index (κ2) is 6.33. The van der Waals surface area contributed by atoms with Gasteiger partial charge in [-0.05, 0) is 30.5 Å². The summed E-state index contributed by atoms with van der Waals surface area (Å²) in [4.78, 5) is 8.94. The number of hydrogen-bond acceptors (Lipinski definition) is 4. The molecular formula is C16H13N5S. The molecule has 0 atom stereocenters. The maximum atomic E-state index is 8.77. The van der Waals surface area contributed by atoms with E-state index in [1.807, 2.05) is 65.5 Å². The molecule has 0 fully saturated rings. The molecule has 0 unspecified atom stereocenters. The molecule has 0 aliphatic rings. The van der Waals surface area contributed by atoms with E-state index in [0.717, 1.165) is 22.4 Å². The number of rotatable bonds is 2. The molecule has 1 N–H and O–H groups in total. The third kappa shape index (κ3) is 2.67. The average Bonchev–Trinajstić information content (AvgIpc) is 2.99. The first-order valence-corrected chi connectivity index (χ1v) is 7.85. The van der Waals surface area contributed by atoms with Crippen molar-refractivity contribution in [3.8, 4) is 11.9 Å². The van der Waals surface area contributed by atoms with Gasteiger partial charge in [-0.1, -0.05) is 36.0 Å². The summed E-state index contributed by atoms with van der Waals surface area (Å²) in [6.45, 7) is 0. The van der Waals surface area contributed by atoms with Crippen LogP contribution in [0, 0.1) is 11.5 Å². The van der Waals surface area contributed by atoms with Crippen molar-refractivity contribution in [1.29, 1.82) is 5.26 Å². The van der Waals surface area contributed by atoms with Gasteiger partial charge in [-0.3, -0.25) is 9.88 Å². The van der Waals surface area contributed by atoms with Crippen LogP contribution in [0.1, 0.15) is 0 Å². The summed E-state index contributed by atoms with van der Waals surface area (Å²) < 4.78 is 2.00. The minimum Gasteiger partial charge on any atom is -0.297 e. The molecule has 5 nitrogen and oxygen atoms in total. The molecule has 0 spiro atoms. The maximum absolute atomic E-state index is 8.77. The van der Waals surface area contributed by atoms with E-state index in [9.17, 15) is 0 Å². The lowest BCUT2D eigenvalue weighted by Crippen LogP contribution is -2.12. The molecule has 1 heterocycles. The van der Waals surface area contributed by atoms with Gasteiger partial charge >= 0.3 is 0 Å². The Balaban J connectivity index is 2.15. The Bertz CT molecular complexity index is 875. The second-order valence-electron chi connectivity index (χ2n) is 4.45. The number of imidazole rings is 1. The van der Waals surface area contributed by atoms with Gasteiger partial charge in [0.15, 0.2) is 11.4 Å². The molecule has 0 aliphatic carbocycles. The van der Waals surface area contributed by atoms with Gasteiger partial charge in [-0.2, -0.15) is 5.26 Å². The highest BCUT2D eigenvalue weighted by atomic mass is 32.2. The van der Waals surface area contributed by atoms with Crippen molar-refractivity contribution in [2.24, 2.45) is 4.99 Å². The van der Waals surface area contributed by atoms with Crippen molar-refractivity contribution in [1.82, 2.24) is 14.9 Å². The Morgan fingerprint density at radius 2 is 2.00 bits per heavy atom. The molecule has 0 bridgehead atoms. The minimum absolute atomic E-state index is 0.555. The van der Waals surface area contributed by atoms with Crippen molar-refractivity contribution in [2.75, 3.05) is 6.26 Å². The number of amidine groups is 1. The van der Waals surface area contributed by atoms with Crippen LogP contribution in [0.25, 0.3) is 16.7 Å². The summed E-state index contributed by atoms with van der Waals surface area (Å²) in [5.74, 6) is 0. The van der Waals surface area contributed by atoms with Gasteiger partial charge in [-0.15, -0.1) is 0 Å². The topological polar surface area (TPSA) is 66.0 Å². The van der Waals surface area contributed by atoms with Crippen molar-refractivity contribution in [2.45, 2.75) is 0 Å². The van der Waals surface area contributed by atoms with Crippen LogP contribution in [0.4, 0.5) is 5.69 Å². The predicted octanol–water partition coefficient (Wildman–Crippen LogP) is 3.45. The first-order chi connectivity index (χ1) is 10.8. The van der Waals surface area contributed by atoms with E-state index in [1.165, 1.54) is 11.8 Å². The van der Waals surface area contributed by atoms with E-state index in [4.69, 9.17) is 5.26 Å². The third-order valence-corrected chi connectivity index (χ3v) is 3.75. The fourth-order valence-electron chi connectivity index (χ4n) is 2.20. The SMILES string of the molecule is CSC(=Nc1ccccc1-n1cnc2ccccc21)NC#N. The molecule has 108 valence electrons. The normalized spacial score (nSPS) is 11.4. The number of para-hydroxylation sites is 4. The van der Waals surface area contributed by atoms with E-state index in [1.54, 1.807) is 6.33 Å². The van der Waals surface area contributed by atoms with Crippen LogP contribution in [0.5, 0.6) is 0 Å². The van der Waals surface area contributed by atoms with E-state index in [2.05, 4.69) is 15.3 Å². The molecule has 0 radical (unpaired) electrons. The lowest BCUT2D eigenvalue weighted by Gasteiger charge is -2.09. The minimum atomic E-state index is 0.555. The summed E-state index contributed by atoms with van der Waals surface area (Å²) in [6.07, 6.45) is 5.56. The molecule has 3 rings (SSSR count). The quantitative estimate of drug-likeness (QED) is 0.341. The number of nitrogens with one attached hydrogen (secondary N) is 1. The number of benzene rings is 2. The molecular weight excluding hydrogens is 294 g/mol. The monoisotopic (exact) mass is 307 g/mol. The van der Waals surface area contributed by atoms with Crippen molar-refractivity contribution in [3.05, 3.63) is 54.9 Å². The smallest absolute Gasteiger partial charge is 0.183 e. The number of thioether (sulfide) groups is 1. The second-order valence-corrected chi connectivity index (χ2v) is 5.24. The van der Waals surface area contributed by atoms with Crippen LogP contribution in [0.15, 0.2) is 59.9 Å². The van der Waals surface area contributed by atoms with Gasteiger partial charge in [0.1, 0.15) is 6.33 Å². The van der Waals surface area contributed by atoms with E-state index in [0.29, 0.717) is 5.17 Å². The lowest BCUT2D eigenvalue weighted by molar-refractivity contribution is 1.09. The first-order valence-electron chi connectivity index (χ1n) is 6.63. The highest BCUT2D eigenvalue weighted by Crippen LogP contribution is 2.27. The van der Waals surface area contributed by atoms with Gasteiger partial charge in [0.25, 0.3) is 0 Å². The van der Waals surface area contributed by atoms with Crippen molar-refractivity contribution in [3.63, 3.8) is 0 Å². The van der Waals surface area contributed by atoms with Crippen LogP contribution in [0.3, 0.4) is 0 Å². The number of fused-ring (bicyclic) bond motifs is 1. The summed E-state index contributed by atoms with van der Waals surface area (Å²) in [5.41, 5.74) is 3.64. The maximum Gasteiger partial charge on any atom is 0.183 e. The average molecular weight is 307 g/mol. The van der Waals surface area contributed by atoms with Gasteiger partial charge in [0.05, 0.1) is 22.4 Å². The molecule has 6 heteroatoms. The molecule has 0 aliphatic heterocycles. The van der Waals surface area contributed by atoms with Crippen molar-refractivity contribution < 1.29 is 0 Å². The zero-order valence-electron chi connectivity index (χ0n) is 11.9. The van der Waals surface area contributed by atoms with Crippen LogP contribution in [0.2, 0.25) is 0 Å². The summed E-state index contributed by atoms with van der Waals surface area (Å²) in [7, 11) is 0. The molecule has 3 aromatic rings.